The molecule has 6 nitrogen and oxygen atoms in total. The van der Waals surface area contributed by atoms with Gasteiger partial charge >= 0.3 is 0 Å². The van der Waals surface area contributed by atoms with Crippen LogP contribution >= 0.6 is 35.6 Å². The first-order valence-corrected chi connectivity index (χ1v) is 8.97. The molecule has 0 spiro atoms. The van der Waals surface area contributed by atoms with Crippen LogP contribution in [0.15, 0.2) is 23.3 Å². The van der Waals surface area contributed by atoms with Crippen LogP contribution in [-0.4, -0.2) is 56.5 Å². The molecule has 1 atom stereocenters. The van der Waals surface area contributed by atoms with Crippen molar-refractivity contribution in [3.05, 3.63) is 29.0 Å². The van der Waals surface area contributed by atoms with Gasteiger partial charge in [-0.1, -0.05) is 17.7 Å². The van der Waals surface area contributed by atoms with Gasteiger partial charge in [0.2, 0.25) is 0 Å². The van der Waals surface area contributed by atoms with Crippen molar-refractivity contribution in [3.63, 3.8) is 0 Å². The Morgan fingerprint density at radius 2 is 2.32 bits per heavy atom. The van der Waals surface area contributed by atoms with Gasteiger partial charge < -0.3 is 20.1 Å². The van der Waals surface area contributed by atoms with Crippen molar-refractivity contribution in [2.45, 2.75) is 32.3 Å². The van der Waals surface area contributed by atoms with Gasteiger partial charge in [-0.25, -0.2) is 4.98 Å². The van der Waals surface area contributed by atoms with E-state index in [4.69, 9.17) is 21.1 Å². The number of nitrogens with zero attached hydrogens (tertiary/aromatic N) is 2. The Morgan fingerprint density at radius 1 is 1.44 bits per heavy atom. The summed E-state index contributed by atoms with van der Waals surface area (Å²) in [6, 6.07) is 3.79. The molecule has 25 heavy (non-hydrogen) atoms. The van der Waals surface area contributed by atoms with E-state index in [1.54, 1.807) is 6.20 Å². The van der Waals surface area contributed by atoms with Crippen LogP contribution < -0.4 is 10.6 Å². The Morgan fingerprint density at radius 3 is 3.00 bits per heavy atom. The number of rotatable bonds is 9. The molecule has 0 radical (unpaired) electrons. The number of hydrogen-bond acceptors (Lipinski definition) is 4. The molecule has 8 heteroatoms. The van der Waals surface area contributed by atoms with Crippen LogP contribution in [0.2, 0.25) is 5.15 Å². The van der Waals surface area contributed by atoms with E-state index in [1.165, 1.54) is 0 Å². The Kier molecular flexibility index (Phi) is 12.1. The largest absolute Gasteiger partial charge is 0.377 e. The van der Waals surface area contributed by atoms with Gasteiger partial charge in [-0.15, -0.1) is 24.0 Å². The molecule has 0 aliphatic carbocycles. The van der Waals surface area contributed by atoms with Gasteiger partial charge in [-0.3, -0.25) is 4.99 Å². The number of ether oxygens (including phenoxy) is 2. The van der Waals surface area contributed by atoms with E-state index in [9.17, 15) is 0 Å². The molecular weight excluding hydrogens is 455 g/mol. The first-order chi connectivity index (χ1) is 11.8. The molecule has 142 valence electrons. The Balaban J connectivity index is 0.00000312. The summed E-state index contributed by atoms with van der Waals surface area (Å²) in [5.74, 6) is 0.806. The van der Waals surface area contributed by atoms with Crippen LogP contribution in [0.4, 0.5) is 0 Å². The standard InChI is InChI=1S/C17H27ClN4O2.HI/c1-2-19-17(20-8-7-14-5-6-16(18)22-12-14)21-9-11-23-13-15-4-3-10-24-15;/h5-6,12,15H,2-4,7-11,13H2,1H3,(H2,19,20,21);1H. The molecule has 1 aliphatic rings. The van der Waals surface area contributed by atoms with E-state index in [0.717, 1.165) is 50.5 Å². The number of aliphatic imine (C=N–C) groups is 1. The van der Waals surface area contributed by atoms with Gasteiger partial charge in [0.15, 0.2) is 5.96 Å². The molecule has 0 saturated carbocycles. The van der Waals surface area contributed by atoms with E-state index < -0.39 is 0 Å². The fourth-order valence-electron chi connectivity index (χ4n) is 2.43. The van der Waals surface area contributed by atoms with Gasteiger partial charge in [0, 0.05) is 25.9 Å². The molecule has 1 saturated heterocycles. The second kappa shape index (κ2) is 13.5. The average molecular weight is 483 g/mol. The lowest BCUT2D eigenvalue weighted by Gasteiger charge is -2.12. The number of guanidine groups is 1. The quantitative estimate of drug-likeness (QED) is 0.186. The minimum atomic E-state index is 0. The highest BCUT2D eigenvalue weighted by atomic mass is 127. The average Bonchev–Trinajstić information content (AvgIpc) is 3.10. The van der Waals surface area contributed by atoms with Gasteiger partial charge in [-0.05, 0) is 37.8 Å². The molecular formula is C17H28ClIN4O2. The van der Waals surface area contributed by atoms with Crippen molar-refractivity contribution in [1.29, 1.82) is 0 Å². The van der Waals surface area contributed by atoms with Crippen molar-refractivity contribution in [2.75, 3.05) is 39.5 Å². The molecule has 0 amide bonds. The Bertz CT molecular complexity index is 496. The van der Waals surface area contributed by atoms with E-state index in [-0.39, 0.29) is 30.1 Å². The fourth-order valence-corrected chi connectivity index (χ4v) is 2.55. The topological polar surface area (TPSA) is 67.8 Å². The van der Waals surface area contributed by atoms with Crippen molar-refractivity contribution in [1.82, 2.24) is 15.6 Å². The first-order valence-electron chi connectivity index (χ1n) is 8.60. The predicted octanol–water partition coefficient (Wildman–Crippen LogP) is 2.65. The normalized spacial score (nSPS) is 17.2. The van der Waals surface area contributed by atoms with Crippen LogP contribution in [0.3, 0.4) is 0 Å². The molecule has 1 aliphatic heterocycles. The summed E-state index contributed by atoms with van der Waals surface area (Å²) in [6.45, 7) is 6.43. The van der Waals surface area contributed by atoms with E-state index in [0.29, 0.717) is 24.9 Å². The Labute approximate surface area is 172 Å². The SMILES string of the molecule is CCNC(=NCCOCC1CCCO1)NCCc1ccc(Cl)nc1.I. The number of halogens is 2. The molecule has 1 fully saturated rings. The zero-order valence-corrected chi connectivity index (χ0v) is 17.8. The highest BCUT2D eigenvalue weighted by Gasteiger charge is 2.14. The van der Waals surface area contributed by atoms with Gasteiger partial charge in [0.05, 0.1) is 25.9 Å². The molecule has 0 aromatic carbocycles. The summed E-state index contributed by atoms with van der Waals surface area (Å²) >= 11 is 5.79. The Hall–Kier alpha value is -0.640. The minimum Gasteiger partial charge on any atom is -0.377 e. The lowest BCUT2D eigenvalue weighted by Crippen LogP contribution is -2.38. The highest BCUT2D eigenvalue weighted by molar-refractivity contribution is 14.0. The van der Waals surface area contributed by atoms with Crippen molar-refractivity contribution in [3.8, 4) is 0 Å². The molecule has 0 bridgehead atoms. The van der Waals surface area contributed by atoms with Crippen LogP contribution in [0.5, 0.6) is 0 Å². The molecule has 2 N–H and O–H groups in total. The molecule has 1 unspecified atom stereocenters. The summed E-state index contributed by atoms with van der Waals surface area (Å²) in [7, 11) is 0. The summed E-state index contributed by atoms with van der Waals surface area (Å²) in [6.07, 6.45) is 5.18. The zero-order chi connectivity index (χ0) is 17.0. The monoisotopic (exact) mass is 482 g/mol. The third-order valence-electron chi connectivity index (χ3n) is 3.67. The second-order valence-corrected chi connectivity index (χ2v) is 6.02. The van der Waals surface area contributed by atoms with E-state index >= 15 is 0 Å². The highest BCUT2D eigenvalue weighted by Crippen LogP contribution is 2.11. The lowest BCUT2D eigenvalue weighted by molar-refractivity contribution is 0.0200. The van der Waals surface area contributed by atoms with Crippen molar-refractivity contribution >= 4 is 41.5 Å². The predicted molar refractivity (Wildman–Crippen MR) is 112 cm³/mol. The van der Waals surface area contributed by atoms with Crippen LogP contribution in [-0.2, 0) is 15.9 Å². The summed E-state index contributed by atoms with van der Waals surface area (Å²) < 4.78 is 11.1. The summed E-state index contributed by atoms with van der Waals surface area (Å²) in [5, 5.41) is 7.06. The van der Waals surface area contributed by atoms with E-state index in [2.05, 4.69) is 20.6 Å². The molecule has 1 aromatic rings. The fraction of sp³-hybridized carbons (Fsp3) is 0.647. The maximum absolute atomic E-state index is 5.79. The lowest BCUT2D eigenvalue weighted by atomic mass is 10.2. The molecule has 2 rings (SSSR count). The third kappa shape index (κ3) is 9.58. The number of nitrogens with one attached hydrogen (secondary N) is 2. The van der Waals surface area contributed by atoms with Crippen molar-refractivity contribution < 1.29 is 9.47 Å². The van der Waals surface area contributed by atoms with Gasteiger partial charge in [-0.2, -0.15) is 0 Å². The molecule has 2 heterocycles. The minimum absolute atomic E-state index is 0. The van der Waals surface area contributed by atoms with Gasteiger partial charge in [0.25, 0.3) is 0 Å². The third-order valence-corrected chi connectivity index (χ3v) is 3.90. The van der Waals surface area contributed by atoms with Crippen LogP contribution in [0, 0.1) is 0 Å². The van der Waals surface area contributed by atoms with Crippen molar-refractivity contribution in [2.24, 2.45) is 4.99 Å². The summed E-state index contributed by atoms with van der Waals surface area (Å²) in [4.78, 5) is 8.60. The van der Waals surface area contributed by atoms with Crippen LogP contribution in [0.25, 0.3) is 0 Å². The first kappa shape index (κ1) is 22.4. The number of pyridine rings is 1. The van der Waals surface area contributed by atoms with E-state index in [1.807, 2.05) is 19.1 Å². The molecule has 1 aromatic heterocycles. The smallest absolute Gasteiger partial charge is 0.191 e. The number of hydrogen-bond donors (Lipinski definition) is 2. The van der Waals surface area contributed by atoms with Crippen LogP contribution in [0.1, 0.15) is 25.3 Å². The summed E-state index contributed by atoms with van der Waals surface area (Å²) in [5.41, 5.74) is 1.14. The maximum atomic E-state index is 5.79. The second-order valence-electron chi connectivity index (χ2n) is 5.64. The number of aromatic nitrogens is 1. The van der Waals surface area contributed by atoms with Gasteiger partial charge in [0.1, 0.15) is 5.15 Å². The zero-order valence-electron chi connectivity index (χ0n) is 14.7. The maximum Gasteiger partial charge on any atom is 0.191 e.